The number of hydrogen-bond acceptors (Lipinski definition) is 10. The molecule has 0 aliphatic heterocycles. The van der Waals surface area contributed by atoms with E-state index in [0.717, 1.165) is 6.04 Å². The van der Waals surface area contributed by atoms with Gasteiger partial charge in [-0.15, -0.1) is 0 Å². The van der Waals surface area contributed by atoms with Crippen molar-refractivity contribution in [3.63, 3.8) is 0 Å². The first-order valence-corrected chi connectivity index (χ1v) is 16.5. The summed E-state index contributed by atoms with van der Waals surface area (Å²) in [5, 5.41) is 5.12. The van der Waals surface area contributed by atoms with Gasteiger partial charge in [0.1, 0.15) is 11.6 Å². The average Bonchev–Trinajstić information content (AvgIpc) is 2.77. The zero-order chi connectivity index (χ0) is 28.2. The van der Waals surface area contributed by atoms with Gasteiger partial charge in [0.25, 0.3) is 0 Å². The van der Waals surface area contributed by atoms with Gasteiger partial charge in [-0.3, -0.25) is 4.79 Å². The Balaban J connectivity index is 4.19. The third kappa shape index (κ3) is 24.3. The fraction of sp³-hybridized carbons (Fsp3) is 0.875. The third-order valence-electron chi connectivity index (χ3n) is 4.43. The molecular weight excluding hydrogens is 502 g/mol. The van der Waals surface area contributed by atoms with Gasteiger partial charge >= 0.3 is 12.1 Å². The molecule has 4 N–H and O–H groups in total. The van der Waals surface area contributed by atoms with Gasteiger partial charge < -0.3 is 44.8 Å². The van der Waals surface area contributed by atoms with Crippen molar-refractivity contribution in [1.29, 1.82) is 0 Å². The molecular formula is C24H49N3O9Si. The van der Waals surface area contributed by atoms with Gasteiger partial charge in [-0.25, -0.2) is 9.59 Å². The summed E-state index contributed by atoms with van der Waals surface area (Å²) in [5.74, 6) is -0.943. The van der Waals surface area contributed by atoms with E-state index in [1.807, 2.05) is 0 Å². The molecule has 0 bridgehead atoms. The molecule has 0 rings (SSSR count). The number of alkyl carbamates (subject to hydrolysis) is 1. The maximum Gasteiger partial charge on any atom is 0.408 e. The number of carbonyl (C=O) groups excluding carboxylic acids is 3. The molecule has 0 heterocycles. The van der Waals surface area contributed by atoms with Crippen molar-refractivity contribution in [3.8, 4) is 0 Å². The molecule has 0 saturated heterocycles. The maximum absolute atomic E-state index is 12.5. The summed E-state index contributed by atoms with van der Waals surface area (Å²) >= 11 is 0. The van der Waals surface area contributed by atoms with Crippen molar-refractivity contribution < 1.29 is 42.8 Å². The van der Waals surface area contributed by atoms with E-state index in [9.17, 15) is 14.4 Å². The third-order valence-corrected chi connectivity index (χ3v) is 6.13. The Morgan fingerprint density at radius 3 is 1.81 bits per heavy atom. The van der Waals surface area contributed by atoms with Crippen LogP contribution >= 0.6 is 0 Å². The highest BCUT2D eigenvalue weighted by atomic mass is 28.3. The summed E-state index contributed by atoms with van der Waals surface area (Å²) < 4.78 is 31.9. The summed E-state index contributed by atoms with van der Waals surface area (Å²) in [5.41, 5.74) is 4.59. The highest BCUT2D eigenvalue weighted by Gasteiger charge is 2.26. The zero-order valence-electron chi connectivity index (χ0n) is 23.5. The van der Waals surface area contributed by atoms with Crippen LogP contribution in [0.15, 0.2) is 0 Å². The molecule has 0 spiro atoms. The van der Waals surface area contributed by atoms with Gasteiger partial charge in [-0.2, -0.15) is 0 Å². The van der Waals surface area contributed by atoms with E-state index < -0.39 is 31.8 Å². The number of nitrogens with one attached hydrogen (secondary N) is 2. The molecule has 37 heavy (non-hydrogen) atoms. The molecule has 0 aliphatic carbocycles. The average molecular weight is 552 g/mol. The Hall–Kier alpha value is -1.77. The van der Waals surface area contributed by atoms with Gasteiger partial charge in [0, 0.05) is 27.6 Å². The van der Waals surface area contributed by atoms with Gasteiger partial charge in [0.2, 0.25) is 5.91 Å². The molecule has 218 valence electrons. The van der Waals surface area contributed by atoms with Crippen molar-refractivity contribution >= 4 is 26.0 Å². The minimum absolute atomic E-state index is 0.0930. The lowest BCUT2D eigenvalue weighted by molar-refractivity contribution is -0.145. The number of ether oxygens (including phenoxy) is 6. The lowest BCUT2D eigenvalue weighted by Crippen LogP contribution is -2.50. The predicted octanol–water partition coefficient (Wildman–Crippen LogP) is 1.29. The fourth-order valence-electron chi connectivity index (χ4n) is 2.52. The molecule has 2 amide bonds. The SMILES string of the molecule is CC(C)(C)OC(=O)N[C@H](CNC(=O)CCOCCOCCOCCOCCN)C(=O)OCC[Si](C)(C)C. The summed E-state index contributed by atoms with van der Waals surface area (Å²) in [6, 6.07) is -0.271. The highest BCUT2D eigenvalue weighted by molar-refractivity contribution is 6.76. The number of nitrogens with two attached hydrogens (primary N) is 1. The minimum Gasteiger partial charge on any atom is -0.464 e. The summed E-state index contributed by atoms with van der Waals surface area (Å²) in [6.07, 6.45) is -0.669. The number of amides is 2. The maximum atomic E-state index is 12.5. The normalized spacial score (nSPS) is 12.6. The predicted molar refractivity (Wildman–Crippen MR) is 142 cm³/mol. The molecule has 0 unspecified atom stereocenters. The van der Waals surface area contributed by atoms with Gasteiger partial charge in [-0.1, -0.05) is 19.6 Å². The smallest absolute Gasteiger partial charge is 0.408 e. The molecule has 0 saturated carbocycles. The Morgan fingerprint density at radius 2 is 1.32 bits per heavy atom. The number of rotatable bonds is 21. The second-order valence-corrected chi connectivity index (χ2v) is 16.1. The molecule has 0 aromatic rings. The van der Waals surface area contributed by atoms with E-state index in [0.29, 0.717) is 52.8 Å². The van der Waals surface area contributed by atoms with Gasteiger partial charge in [0.15, 0.2) is 0 Å². The van der Waals surface area contributed by atoms with Crippen LogP contribution in [0.2, 0.25) is 25.7 Å². The van der Waals surface area contributed by atoms with Crippen LogP contribution in [0.1, 0.15) is 27.2 Å². The molecule has 0 fully saturated rings. The second kappa shape index (κ2) is 20.2. The van der Waals surface area contributed by atoms with Gasteiger partial charge in [0.05, 0.1) is 59.5 Å². The molecule has 0 aromatic carbocycles. The molecule has 12 nitrogen and oxygen atoms in total. The highest BCUT2D eigenvalue weighted by Crippen LogP contribution is 2.09. The topological polar surface area (TPSA) is 157 Å². The first-order valence-electron chi connectivity index (χ1n) is 12.8. The minimum atomic E-state index is -1.39. The molecule has 0 radical (unpaired) electrons. The van der Waals surface area contributed by atoms with E-state index in [1.54, 1.807) is 20.8 Å². The lowest BCUT2D eigenvalue weighted by atomic mass is 10.2. The van der Waals surface area contributed by atoms with Crippen LogP contribution in [0, 0.1) is 0 Å². The Labute approximate surface area is 222 Å². The van der Waals surface area contributed by atoms with Crippen LogP contribution in [0.4, 0.5) is 4.79 Å². The lowest BCUT2D eigenvalue weighted by Gasteiger charge is -2.23. The first kappa shape index (κ1) is 35.2. The standard InChI is InChI=1S/C24H49N3O9Si/c1-24(2,3)36-23(30)27-20(22(29)35-17-18-37(4,5)6)19-26-21(28)7-9-31-11-13-33-15-16-34-14-12-32-10-8-25/h20H,7-19,25H2,1-6H3,(H,26,28)(H,27,30)/t20-/m1/s1. The summed E-state index contributed by atoms with van der Waals surface area (Å²) in [4.78, 5) is 36.9. The largest absolute Gasteiger partial charge is 0.464 e. The van der Waals surface area contributed by atoms with Crippen LogP contribution in [-0.4, -0.2) is 110 Å². The van der Waals surface area contributed by atoms with Crippen LogP contribution in [0.25, 0.3) is 0 Å². The van der Waals surface area contributed by atoms with Crippen molar-refractivity contribution in [1.82, 2.24) is 10.6 Å². The van der Waals surface area contributed by atoms with Crippen molar-refractivity contribution in [2.75, 3.05) is 72.6 Å². The van der Waals surface area contributed by atoms with E-state index in [4.69, 9.17) is 34.2 Å². The summed E-state index contributed by atoms with van der Waals surface area (Å²) in [7, 11) is -1.39. The molecule has 13 heteroatoms. The Kier molecular flexibility index (Phi) is 19.3. The summed E-state index contributed by atoms with van der Waals surface area (Å²) in [6.45, 7) is 15.6. The van der Waals surface area contributed by atoms with Crippen LogP contribution in [-0.2, 0) is 38.0 Å². The van der Waals surface area contributed by atoms with E-state index in [2.05, 4.69) is 30.3 Å². The zero-order valence-corrected chi connectivity index (χ0v) is 24.5. The van der Waals surface area contributed by atoms with E-state index in [1.165, 1.54) is 0 Å². The fourth-order valence-corrected chi connectivity index (χ4v) is 3.23. The Morgan fingerprint density at radius 1 is 0.811 bits per heavy atom. The van der Waals surface area contributed by atoms with Crippen LogP contribution < -0.4 is 16.4 Å². The monoisotopic (exact) mass is 551 g/mol. The van der Waals surface area contributed by atoms with Crippen molar-refractivity contribution in [2.45, 2.75) is 64.5 Å². The Bertz CT molecular complexity index is 640. The molecule has 0 aliphatic rings. The van der Waals surface area contributed by atoms with Crippen LogP contribution in [0.5, 0.6) is 0 Å². The number of carbonyl (C=O) groups is 3. The van der Waals surface area contributed by atoms with Gasteiger partial charge in [-0.05, 0) is 26.8 Å². The number of hydrogen-bond donors (Lipinski definition) is 3. The van der Waals surface area contributed by atoms with E-state index in [-0.39, 0.29) is 32.1 Å². The van der Waals surface area contributed by atoms with Crippen LogP contribution in [0.3, 0.4) is 0 Å². The second-order valence-electron chi connectivity index (χ2n) is 10.5. The van der Waals surface area contributed by atoms with Crippen molar-refractivity contribution in [2.24, 2.45) is 5.73 Å². The quantitative estimate of drug-likeness (QED) is 0.108. The van der Waals surface area contributed by atoms with Crippen molar-refractivity contribution in [3.05, 3.63) is 0 Å². The molecule has 1 atom stereocenters. The first-order chi connectivity index (χ1) is 17.3. The number of esters is 1. The van der Waals surface area contributed by atoms with E-state index >= 15 is 0 Å². The molecule has 0 aromatic heterocycles.